The third-order valence-corrected chi connectivity index (χ3v) is 6.00. The molecule has 0 amide bonds. The molecule has 0 bridgehead atoms. The van der Waals surface area contributed by atoms with Crippen LogP contribution in [0.4, 0.5) is 5.82 Å². The van der Waals surface area contributed by atoms with Crippen molar-refractivity contribution in [3.63, 3.8) is 0 Å². The van der Waals surface area contributed by atoms with Crippen LogP contribution in [-0.4, -0.2) is 30.8 Å². The van der Waals surface area contributed by atoms with E-state index < -0.39 is 10.0 Å². The third kappa shape index (κ3) is 4.53. The Kier molecular flexibility index (Phi) is 6.15. The monoisotopic (exact) mass is 397 g/mol. The lowest BCUT2D eigenvalue weighted by Crippen LogP contribution is -2.30. The van der Waals surface area contributed by atoms with Gasteiger partial charge in [-0.3, -0.25) is 0 Å². The van der Waals surface area contributed by atoms with Gasteiger partial charge in [-0.2, -0.15) is 4.31 Å². The first kappa shape index (κ1) is 17.9. The van der Waals surface area contributed by atoms with E-state index in [2.05, 4.69) is 26.2 Å². The maximum atomic E-state index is 12.4. The molecule has 2 aromatic rings. The molecule has 0 aliphatic rings. The standard InChI is InChI=1S/C16H20BrN3O2S/c1-3-20(4-2)23(21,22)15-8-5-13(6-9-15)11-18-16-10-7-14(17)12-19-16/h5-10,12H,3-4,11H2,1-2H3,(H,18,19). The van der Waals surface area contributed by atoms with Crippen LogP contribution in [0.1, 0.15) is 19.4 Å². The fourth-order valence-electron chi connectivity index (χ4n) is 2.16. The molecule has 0 radical (unpaired) electrons. The van der Waals surface area contributed by atoms with Crippen LogP contribution < -0.4 is 5.32 Å². The topological polar surface area (TPSA) is 62.3 Å². The molecule has 0 atom stereocenters. The van der Waals surface area contributed by atoms with E-state index in [0.29, 0.717) is 24.5 Å². The van der Waals surface area contributed by atoms with E-state index in [9.17, 15) is 8.42 Å². The average molecular weight is 398 g/mol. The summed E-state index contributed by atoms with van der Waals surface area (Å²) in [7, 11) is -3.39. The van der Waals surface area contributed by atoms with Gasteiger partial charge in [0.25, 0.3) is 0 Å². The quantitative estimate of drug-likeness (QED) is 0.776. The number of hydrogen-bond acceptors (Lipinski definition) is 4. The predicted octanol–water partition coefficient (Wildman–Crippen LogP) is 3.49. The van der Waals surface area contributed by atoms with Crippen LogP contribution in [0.5, 0.6) is 0 Å². The van der Waals surface area contributed by atoms with E-state index in [1.165, 1.54) is 4.31 Å². The predicted molar refractivity (Wildman–Crippen MR) is 95.8 cm³/mol. The molecule has 1 aromatic heterocycles. The largest absolute Gasteiger partial charge is 0.366 e. The molecule has 1 aromatic carbocycles. The zero-order valence-corrected chi connectivity index (χ0v) is 15.6. The van der Waals surface area contributed by atoms with Crippen LogP contribution >= 0.6 is 15.9 Å². The molecule has 7 heteroatoms. The molecule has 0 aliphatic heterocycles. The summed E-state index contributed by atoms with van der Waals surface area (Å²) in [6.45, 7) is 5.20. The molecule has 2 rings (SSSR count). The Balaban J connectivity index is 2.06. The van der Waals surface area contributed by atoms with E-state index in [-0.39, 0.29) is 0 Å². The van der Waals surface area contributed by atoms with Gasteiger partial charge in [0.05, 0.1) is 4.90 Å². The second kappa shape index (κ2) is 7.90. The van der Waals surface area contributed by atoms with Gasteiger partial charge in [-0.25, -0.2) is 13.4 Å². The Labute approximate surface area is 145 Å². The van der Waals surface area contributed by atoms with Crippen LogP contribution in [0.3, 0.4) is 0 Å². The maximum absolute atomic E-state index is 12.4. The Morgan fingerprint density at radius 2 is 1.74 bits per heavy atom. The number of nitrogens with one attached hydrogen (secondary N) is 1. The number of rotatable bonds is 7. The minimum Gasteiger partial charge on any atom is -0.366 e. The second-order valence-corrected chi connectivity index (χ2v) is 7.80. The van der Waals surface area contributed by atoms with Gasteiger partial charge in [0.2, 0.25) is 10.0 Å². The van der Waals surface area contributed by atoms with Gasteiger partial charge in [0, 0.05) is 30.3 Å². The van der Waals surface area contributed by atoms with Gasteiger partial charge in [0.15, 0.2) is 0 Å². The van der Waals surface area contributed by atoms with Crippen LogP contribution in [-0.2, 0) is 16.6 Å². The molecule has 0 aliphatic carbocycles. The van der Waals surface area contributed by atoms with Crippen LogP contribution in [0.2, 0.25) is 0 Å². The van der Waals surface area contributed by atoms with Gasteiger partial charge in [-0.1, -0.05) is 26.0 Å². The highest BCUT2D eigenvalue weighted by molar-refractivity contribution is 9.10. The lowest BCUT2D eigenvalue weighted by molar-refractivity contribution is 0.445. The molecule has 1 N–H and O–H groups in total. The molecule has 5 nitrogen and oxygen atoms in total. The molecule has 0 saturated heterocycles. The highest BCUT2D eigenvalue weighted by atomic mass is 79.9. The van der Waals surface area contributed by atoms with Gasteiger partial charge in [-0.05, 0) is 45.8 Å². The zero-order valence-electron chi connectivity index (χ0n) is 13.2. The van der Waals surface area contributed by atoms with Crippen molar-refractivity contribution in [2.45, 2.75) is 25.3 Å². The molecule has 0 spiro atoms. The average Bonchev–Trinajstić information content (AvgIpc) is 2.55. The Morgan fingerprint density at radius 3 is 2.26 bits per heavy atom. The SMILES string of the molecule is CCN(CC)S(=O)(=O)c1ccc(CNc2ccc(Br)cn2)cc1. The summed E-state index contributed by atoms with van der Waals surface area (Å²) in [5.74, 6) is 0.771. The van der Waals surface area contributed by atoms with Crippen molar-refractivity contribution >= 4 is 31.8 Å². The number of sulfonamides is 1. The number of anilines is 1. The number of hydrogen-bond donors (Lipinski definition) is 1. The molecule has 124 valence electrons. The zero-order chi connectivity index (χ0) is 16.9. The van der Waals surface area contributed by atoms with Crippen molar-refractivity contribution in [1.29, 1.82) is 0 Å². The molecular weight excluding hydrogens is 378 g/mol. The summed E-state index contributed by atoms with van der Waals surface area (Å²) in [5, 5.41) is 3.20. The number of pyridine rings is 1. The lowest BCUT2D eigenvalue weighted by Gasteiger charge is -2.18. The van der Waals surface area contributed by atoms with Crippen LogP contribution in [0.25, 0.3) is 0 Å². The van der Waals surface area contributed by atoms with Crippen molar-refractivity contribution in [1.82, 2.24) is 9.29 Å². The van der Waals surface area contributed by atoms with E-state index >= 15 is 0 Å². The second-order valence-electron chi connectivity index (χ2n) is 4.95. The highest BCUT2D eigenvalue weighted by Gasteiger charge is 2.20. The summed E-state index contributed by atoms with van der Waals surface area (Å²) >= 11 is 3.34. The number of halogens is 1. The molecular formula is C16H20BrN3O2S. The summed E-state index contributed by atoms with van der Waals surface area (Å²) < 4.78 is 27.2. The van der Waals surface area contributed by atoms with Crippen molar-refractivity contribution in [2.24, 2.45) is 0 Å². The summed E-state index contributed by atoms with van der Waals surface area (Å²) in [6, 6.07) is 10.7. The maximum Gasteiger partial charge on any atom is 0.243 e. The Hall–Kier alpha value is -1.44. The summed E-state index contributed by atoms with van der Waals surface area (Å²) in [4.78, 5) is 4.56. The van der Waals surface area contributed by atoms with Gasteiger partial charge < -0.3 is 5.32 Å². The molecule has 23 heavy (non-hydrogen) atoms. The van der Waals surface area contributed by atoms with E-state index in [0.717, 1.165) is 15.9 Å². The van der Waals surface area contributed by atoms with Gasteiger partial charge in [0.1, 0.15) is 5.82 Å². The smallest absolute Gasteiger partial charge is 0.243 e. The summed E-state index contributed by atoms with van der Waals surface area (Å²) in [5.41, 5.74) is 0.994. The van der Waals surface area contributed by atoms with Crippen molar-refractivity contribution in [2.75, 3.05) is 18.4 Å². The highest BCUT2D eigenvalue weighted by Crippen LogP contribution is 2.17. The first-order valence-electron chi connectivity index (χ1n) is 7.42. The molecule has 0 unspecified atom stereocenters. The third-order valence-electron chi connectivity index (χ3n) is 3.47. The normalized spacial score (nSPS) is 11.7. The van der Waals surface area contributed by atoms with Crippen LogP contribution in [0.15, 0.2) is 52.0 Å². The lowest BCUT2D eigenvalue weighted by atomic mass is 10.2. The molecule has 1 heterocycles. The fraction of sp³-hybridized carbons (Fsp3) is 0.312. The molecule has 0 fully saturated rings. The first-order chi connectivity index (χ1) is 11.0. The first-order valence-corrected chi connectivity index (χ1v) is 9.65. The van der Waals surface area contributed by atoms with Crippen LogP contribution in [0, 0.1) is 0 Å². The van der Waals surface area contributed by atoms with E-state index in [1.807, 2.05) is 38.1 Å². The van der Waals surface area contributed by atoms with Gasteiger partial charge >= 0.3 is 0 Å². The minimum absolute atomic E-state index is 0.326. The van der Waals surface area contributed by atoms with Crippen molar-refractivity contribution in [3.05, 3.63) is 52.6 Å². The van der Waals surface area contributed by atoms with E-state index in [4.69, 9.17) is 0 Å². The van der Waals surface area contributed by atoms with E-state index in [1.54, 1.807) is 18.3 Å². The summed E-state index contributed by atoms with van der Waals surface area (Å²) in [6.07, 6.45) is 1.72. The number of benzene rings is 1. The minimum atomic E-state index is -3.39. The number of nitrogens with zero attached hydrogens (tertiary/aromatic N) is 2. The van der Waals surface area contributed by atoms with Gasteiger partial charge in [-0.15, -0.1) is 0 Å². The van der Waals surface area contributed by atoms with Crippen molar-refractivity contribution < 1.29 is 8.42 Å². The Morgan fingerprint density at radius 1 is 1.09 bits per heavy atom. The Bertz CT molecular complexity index is 727. The number of aromatic nitrogens is 1. The molecule has 0 saturated carbocycles. The van der Waals surface area contributed by atoms with Crippen molar-refractivity contribution in [3.8, 4) is 0 Å². The fourth-order valence-corrected chi connectivity index (χ4v) is 3.86.